The van der Waals surface area contributed by atoms with Gasteiger partial charge in [-0.2, -0.15) is 0 Å². The molecule has 0 aliphatic heterocycles. The lowest BCUT2D eigenvalue weighted by atomic mass is 10.2. The zero-order valence-electron chi connectivity index (χ0n) is 10.5. The van der Waals surface area contributed by atoms with Gasteiger partial charge in [0.05, 0.1) is 5.56 Å². The van der Waals surface area contributed by atoms with Gasteiger partial charge >= 0.3 is 5.97 Å². The summed E-state index contributed by atoms with van der Waals surface area (Å²) < 4.78 is 37.1. The predicted molar refractivity (Wildman–Crippen MR) is 71.8 cm³/mol. The van der Waals surface area contributed by atoms with Crippen LogP contribution >= 0.6 is 15.9 Å². The van der Waals surface area contributed by atoms with Crippen molar-refractivity contribution in [2.45, 2.75) is 17.9 Å². The lowest BCUT2D eigenvalue weighted by Crippen LogP contribution is -2.38. The Morgan fingerprint density at radius 2 is 1.95 bits per heavy atom. The molecule has 2 N–H and O–H groups in total. The fourth-order valence-corrected chi connectivity index (χ4v) is 2.72. The second-order valence-corrected chi connectivity index (χ2v) is 6.97. The molecule has 0 radical (unpaired) electrons. The first-order chi connectivity index (χ1) is 9.04. The van der Waals surface area contributed by atoms with Gasteiger partial charge in [-0.05, 0) is 19.1 Å². The van der Waals surface area contributed by atoms with Gasteiger partial charge in [0.25, 0.3) is 5.91 Å². The van der Waals surface area contributed by atoms with E-state index in [0.717, 1.165) is 18.4 Å². The number of nitrogens with one attached hydrogen (secondary N) is 1. The Morgan fingerprint density at radius 1 is 1.40 bits per heavy atom. The van der Waals surface area contributed by atoms with Gasteiger partial charge in [-0.1, -0.05) is 15.9 Å². The molecule has 6 nitrogen and oxygen atoms in total. The van der Waals surface area contributed by atoms with Crippen molar-refractivity contribution >= 4 is 37.6 Å². The number of carboxylic acid groups (broad SMARTS) is 1. The number of sulfone groups is 1. The highest BCUT2D eigenvalue weighted by Crippen LogP contribution is 2.24. The molecule has 0 saturated heterocycles. The second-order valence-electron chi connectivity index (χ2n) is 4.07. The molecule has 0 bridgehead atoms. The van der Waals surface area contributed by atoms with Crippen molar-refractivity contribution in [2.24, 2.45) is 0 Å². The van der Waals surface area contributed by atoms with Crippen LogP contribution in [0.4, 0.5) is 4.39 Å². The van der Waals surface area contributed by atoms with Gasteiger partial charge in [-0.3, -0.25) is 9.59 Å². The van der Waals surface area contributed by atoms with E-state index in [1.165, 1.54) is 6.92 Å². The minimum atomic E-state index is -3.86. The van der Waals surface area contributed by atoms with Crippen LogP contribution in [0.2, 0.25) is 0 Å². The Morgan fingerprint density at radius 3 is 2.40 bits per heavy atom. The zero-order valence-corrected chi connectivity index (χ0v) is 12.9. The van der Waals surface area contributed by atoms with E-state index >= 15 is 0 Å². The summed E-state index contributed by atoms with van der Waals surface area (Å²) in [6.07, 6.45) is 0.805. The van der Waals surface area contributed by atoms with Crippen LogP contribution in [0.15, 0.2) is 21.5 Å². The van der Waals surface area contributed by atoms with Crippen LogP contribution in [0.25, 0.3) is 0 Å². The summed E-state index contributed by atoms with van der Waals surface area (Å²) in [4.78, 5) is 21.8. The molecule has 1 rings (SSSR count). The number of hydrogen-bond acceptors (Lipinski definition) is 4. The van der Waals surface area contributed by atoms with Crippen LogP contribution in [0, 0.1) is 5.82 Å². The van der Waals surface area contributed by atoms with E-state index in [9.17, 15) is 22.4 Å². The molecule has 0 aliphatic rings. The van der Waals surface area contributed by atoms with Crippen molar-refractivity contribution in [3.05, 3.63) is 28.0 Å². The molecule has 0 aromatic heterocycles. The standard InChI is InChI=1S/C11H11BrFNO5S/c1-5(11(16)17)14-10(15)7-3-6(12)4-8(9(7)13)20(2,18)19/h3-5H,1-2H3,(H,14,15)(H,16,17)/t5-/m0/s1. The maximum atomic E-state index is 14.0. The summed E-state index contributed by atoms with van der Waals surface area (Å²) in [7, 11) is -3.86. The molecule has 20 heavy (non-hydrogen) atoms. The Balaban J connectivity index is 3.30. The SMILES string of the molecule is C[C@H](NC(=O)c1cc(Br)cc(S(C)(=O)=O)c1F)C(=O)O. The van der Waals surface area contributed by atoms with Crippen molar-refractivity contribution in [1.82, 2.24) is 5.32 Å². The van der Waals surface area contributed by atoms with Crippen LogP contribution in [-0.4, -0.2) is 37.7 Å². The molecule has 0 heterocycles. The number of hydrogen-bond donors (Lipinski definition) is 2. The Kier molecular flexibility index (Phi) is 4.87. The maximum Gasteiger partial charge on any atom is 0.325 e. The predicted octanol–water partition coefficient (Wildman–Crippen LogP) is 1.19. The van der Waals surface area contributed by atoms with Crippen molar-refractivity contribution in [1.29, 1.82) is 0 Å². The monoisotopic (exact) mass is 367 g/mol. The van der Waals surface area contributed by atoms with Gasteiger partial charge in [0.2, 0.25) is 0 Å². The first-order valence-electron chi connectivity index (χ1n) is 5.26. The molecule has 0 unspecified atom stereocenters. The summed E-state index contributed by atoms with van der Waals surface area (Å²) in [5.41, 5.74) is -0.548. The van der Waals surface area contributed by atoms with Crippen molar-refractivity contribution in [2.75, 3.05) is 6.26 Å². The average molecular weight is 368 g/mol. The average Bonchev–Trinajstić information content (AvgIpc) is 2.29. The first kappa shape index (κ1) is 16.6. The number of halogens is 2. The van der Waals surface area contributed by atoms with E-state index in [2.05, 4.69) is 15.9 Å². The van der Waals surface area contributed by atoms with Crippen LogP contribution in [0.3, 0.4) is 0 Å². The van der Waals surface area contributed by atoms with Crippen LogP contribution in [0.5, 0.6) is 0 Å². The maximum absolute atomic E-state index is 14.0. The Labute approximate surface area is 123 Å². The van der Waals surface area contributed by atoms with E-state index in [0.29, 0.717) is 0 Å². The van der Waals surface area contributed by atoms with Crippen LogP contribution in [-0.2, 0) is 14.6 Å². The number of benzene rings is 1. The third-order valence-corrected chi connectivity index (χ3v) is 3.92. The van der Waals surface area contributed by atoms with Gasteiger partial charge in [0, 0.05) is 10.7 Å². The molecule has 0 aliphatic carbocycles. The normalized spacial score (nSPS) is 12.8. The third kappa shape index (κ3) is 3.76. The van der Waals surface area contributed by atoms with Crippen molar-refractivity contribution in [3.63, 3.8) is 0 Å². The van der Waals surface area contributed by atoms with E-state index in [-0.39, 0.29) is 4.47 Å². The molecule has 110 valence electrons. The van der Waals surface area contributed by atoms with E-state index in [4.69, 9.17) is 5.11 Å². The molecule has 0 fully saturated rings. The lowest BCUT2D eigenvalue weighted by molar-refractivity contribution is -0.138. The fourth-order valence-electron chi connectivity index (χ4n) is 1.34. The smallest absolute Gasteiger partial charge is 0.325 e. The minimum Gasteiger partial charge on any atom is -0.480 e. The van der Waals surface area contributed by atoms with E-state index < -0.39 is 44.0 Å². The van der Waals surface area contributed by atoms with Gasteiger partial charge in [0.1, 0.15) is 10.9 Å². The number of carboxylic acids is 1. The molecule has 1 amide bonds. The highest BCUT2D eigenvalue weighted by Gasteiger charge is 2.24. The fraction of sp³-hybridized carbons (Fsp3) is 0.273. The van der Waals surface area contributed by atoms with Crippen molar-refractivity contribution in [3.8, 4) is 0 Å². The highest BCUT2D eigenvalue weighted by atomic mass is 79.9. The zero-order chi connectivity index (χ0) is 15.7. The molecule has 0 saturated carbocycles. The molecular weight excluding hydrogens is 357 g/mol. The summed E-state index contributed by atoms with van der Waals surface area (Å²) in [5, 5.41) is 10.7. The number of amides is 1. The quantitative estimate of drug-likeness (QED) is 0.832. The van der Waals surface area contributed by atoms with Gasteiger partial charge < -0.3 is 10.4 Å². The van der Waals surface area contributed by atoms with Gasteiger partial charge in [0.15, 0.2) is 15.7 Å². The summed E-state index contributed by atoms with van der Waals surface area (Å²) in [6.45, 7) is 1.20. The minimum absolute atomic E-state index is 0.187. The summed E-state index contributed by atoms with van der Waals surface area (Å²) in [5.74, 6) is -3.52. The summed E-state index contributed by atoms with van der Waals surface area (Å²) in [6, 6.07) is 0.873. The van der Waals surface area contributed by atoms with Crippen LogP contribution in [0.1, 0.15) is 17.3 Å². The molecule has 1 aromatic rings. The van der Waals surface area contributed by atoms with Gasteiger partial charge in [-0.15, -0.1) is 0 Å². The Bertz CT molecular complexity index is 674. The van der Waals surface area contributed by atoms with E-state index in [1.807, 2.05) is 5.32 Å². The number of aliphatic carboxylic acids is 1. The lowest BCUT2D eigenvalue weighted by Gasteiger charge is -2.11. The molecule has 1 atom stereocenters. The molecular formula is C11H11BrFNO5S. The first-order valence-corrected chi connectivity index (χ1v) is 7.95. The largest absolute Gasteiger partial charge is 0.480 e. The van der Waals surface area contributed by atoms with Crippen LogP contribution < -0.4 is 5.32 Å². The number of rotatable bonds is 4. The van der Waals surface area contributed by atoms with Crippen molar-refractivity contribution < 1.29 is 27.5 Å². The molecule has 9 heteroatoms. The number of carbonyl (C=O) groups is 2. The molecule has 0 spiro atoms. The highest BCUT2D eigenvalue weighted by molar-refractivity contribution is 9.10. The van der Waals surface area contributed by atoms with E-state index in [1.54, 1.807) is 0 Å². The Hall–Kier alpha value is -1.48. The molecule has 1 aromatic carbocycles. The summed E-state index contributed by atoms with van der Waals surface area (Å²) >= 11 is 2.98. The second kappa shape index (κ2) is 5.88. The topological polar surface area (TPSA) is 101 Å². The third-order valence-electron chi connectivity index (χ3n) is 2.37. The number of carbonyl (C=O) groups excluding carboxylic acids is 1. The van der Waals surface area contributed by atoms with Gasteiger partial charge in [-0.25, -0.2) is 12.8 Å².